The summed E-state index contributed by atoms with van der Waals surface area (Å²) in [6.07, 6.45) is 1.83. The molecule has 0 saturated carbocycles. The van der Waals surface area contributed by atoms with Gasteiger partial charge in [-0.15, -0.1) is 5.10 Å². The van der Waals surface area contributed by atoms with E-state index in [1.165, 1.54) is 12.1 Å². The number of hydrogen-bond donors (Lipinski definition) is 2. The Labute approximate surface area is 103 Å². The third-order valence-electron chi connectivity index (χ3n) is 2.75. The quantitative estimate of drug-likeness (QED) is 0.626. The summed E-state index contributed by atoms with van der Waals surface area (Å²) in [5.74, 6) is 4.25. The van der Waals surface area contributed by atoms with Gasteiger partial charge in [0.1, 0.15) is 11.6 Å². The Kier molecular flexibility index (Phi) is 3.63. The fraction of sp³-hybridized carbons (Fsp3) is 0.273. The molecular weight excluding hydrogens is 240 g/mol. The number of nitrogens with one attached hydrogen (secondary N) is 1. The van der Waals surface area contributed by atoms with Gasteiger partial charge in [-0.3, -0.25) is 16.0 Å². The van der Waals surface area contributed by atoms with Gasteiger partial charge in [-0.05, 0) is 18.1 Å². The van der Waals surface area contributed by atoms with Crippen LogP contribution in [0.5, 0.6) is 0 Å². The van der Waals surface area contributed by atoms with Crippen molar-refractivity contribution in [1.29, 1.82) is 0 Å². The van der Waals surface area contributed by atoms with Crippen LogP contribution < -0.4 is 11.3 Å². The lowest BCUT2D eigenvalue weighted by molar-refractivity contribution is 0.491. The van der Waals surface area contributed by atoms with Gasteiger partial charge in [-0.25, -0.2) is 8.78 Å². The van der Waals surface area contributed by atoms with Gasteiger partial charge >= 0.3 is 0 Å². The van der Waals surface area contributed by atoms with Gasteiger partial charge in [0.05, 0.1) is 17.9 Å². The molecule has 0 aliphatic carbocycles. The minimum absolute atomic E-state index is 0.282. The first-order valence-electron chi connectivity index (χ1n) is 5.36. The van der Waals surface area contributed by atoms with Crippen LogP contribution in [0.1, 0.15) is 17.3 Å². The molecule has 0 bridgehead atoms. The lowest BCUT2D eigenvalue weighted by atomic mass is 10.0. The van der Waals surface area contributed by atoms with E-state index in [-0.39, 0.29) is 12.5 Å². The van der Waals surface area contributed by atoms with Crippen LogP contribution in [0.15, 0.2) is 24.4 Å². The predicted octanol–water partition coefficient (Wildman–Crippen LogP) is 0.840. The van der Waals surface area contributed by atoms with Gasteiger partial charge in [0.25, 0.3) is 0 Å². The number of aromatic nitrogens is 3. The average Bonchev–Trinajstić information content (AvgIpc) is 2.75. The van der Waals surface area contributed by atoms with Crippen molar-refractivity contribution in [2.75, 3.05) is 0 Å². The number of rotatable bonds is 4. The van der Waals surface area contributed by atoms with Crippen LogP contribution >= 0.6 is 0 Å². The second kappa shape index (κ2) is 5.19. The maximum absolute atomic E-state index is 13.5. The third-order valence-corrected chi connectivity index (χ3v) is 2.75. The van der Waals surface area contributed by atoms with Gasteiger partial charge in [0, 0.05) is 13.1 Å². The van der Waals surface area contributed by atoms with E-state index in [1.807, 2.05) is 0 Å². The smallest absolute Gasteiger partial charge is 0.129 e. The standard InChI is InChI=1S/C11H13F2N5/c1-18-11(6-15-17-18)10(16-14)4-7-2-3-8(12)5-9(7)13/h2-3,5-6,10,16H,4,14H2,1H3. The number of nitrogens with zero attached hydrogens (tertiary/aromatic N) is 3. The van der Waals surface area contributed by atoms with Crippen molar-refractivity contribution in [3.8, 4) is 0 Å². The van der Waals surface area contributed by atoms with E-state index in [0.717, 1.165) is 11.8 Å². The molecule has 2 rings (SSSR count). The molecule has 3 N–H and O–H groups in total. The van der Waals surface area contributed by atoms with E-state index >= 15 is 0 Å². The predicted molar refractivity (Wildman–Crippen MR) is 61.1 cm³/mol. The van der Waals surface area contributed by atoms with Gasteiger partial charge in [-0.1, -0.05) is 11.3 Å². The zero-order chi connectivity index (χ0) is 13.1. The number of halogens is 2. The second-order valence-electron chi connectivity index (χ2n) is 3.94. The van der Waals surface area contributed by atoms with Gasteiger partial charge in [0.2, 0.25) is 0 Å². The largest absolute Gasteiger partial charge is 0.271 e. The summed E-state index contributed by atoms with van der Waals surface area (Å²) < 4.78 is 27.9. The van der Waals surface area contributed by atoms with Crippen LogP contribution in [0.2, 0.25) is 0 Å². The molecule has 0 saturated heterocycles. The average molecular weight is 253 g/mol. The van der Waals surface area contributed by atoms with Crippen molar-refractivity contribution in [2.45, 2.75) is 12.5 Å². The van der Waals surface area contributed by atoms with Crippen molar-refractivity contribution >= 4 is 0 Å². The van der Waals surface area contributed by atoms with Crippen LogP contribution in [0.4, 0.5) is 8.78 Å². The van der Waals surface area contributed by atoms with Crippen LogP contribution in [-0.4, -0.2) is 15.0 Å². The topological polar surface area (TPSA) is 68.8 Å². The second-order valence-corrected chi connectivity index (χ2v) is 3.94. The molecule has 0 amide bonds. The first-order valence-corrected chi connectivity index (χ1v) is 5.36. The Morgan fingerprint density at radius 3 is 2.78 bits per heavy atom. The molecule has 2 aromatic rings. The highest BCUT2D eigenvalue weighted by molar-refractivity contribution is 5.21. The Bertz CT molecular complexity index is 540. The molecule has 7 heteroatoms. The maximum atomic E-state index is 13.5. The summed E-state index contributed by atoms with van der Waals surface area (Å²) >= 11 is 0. The summed E-state index contributed by atoms with van der Waals surface area (Å²) in [7, 11) is 1.72. The third kappa shape index (κ3) is 2.52. The van der Waals surface area contributed by atoms with Crippen LogP contribution in [-0.2, 0) is 13.5 Å². The zero-order valence-corrected chi connectivity index (χ0v) is 9.77. The normalized spacial score (nSPS) is 12.7. The zero-order valence-electron chi connectivity index (χ0n) is 9.77. The van der Waals surface area contributed by atoms with Crippen molar-refractivity contribution in [1.82, 2.24) is 20.4 Å². The van der Waals surface area contributed by atoms with Crippen molar-refractivity contribution in [2.24, 2.45) is 12.9 Å². The number of nitrogens with two attached hydrogens (primary N) is 1. The molecule has 1 atom stereocenters. The molecule has 0 radical (unpaired) electrons. The fourth-order valence-corrected chi connectivity index (χ4v) is 1.77. The minimum atomic E-state index is -0.601. The first-order chi connectivity index (χ1) is 8.61. The summed E-state index contributed by atoms with van der Waals surface area (Å²) in [5, 5.41) is 7.51. The fourth-order valence-electron chi connectivity index (χ4n) is 1.77. The molecule has 1 aromatic carbocycles. The summed E-state index contributed by atoms with van der Waals surface area (Å²) in [6.45, 7) is 0. The van der Waals surface area contributed by atoms with Gasteiger partial charge < -0.3 is 0 Å². The SMILES string of the molecule is Cn1nncc1C(Cc1ccc(F)cc1F)NN. The summed E-state index contributed by atoms with van der Waals surface area (Å²) in [4.78, 5) is 0. The number of hydrogen-bond acceptors (Lipinski definition) is 4. The van der Waals surface area contributed by atoms with E-state index < -0.39 is 11.6 Å². The molecule has 0 aliphatic heterocycles. The van der Waals surface area contributed by atoms with E-state index in [1.54, 1.807) is 17.9 Å². The van der Waals surface area contributed by atoms with E-state index in [2.05, 4.69) is 15.7 Å². The molecule has 1 aromatic heterocycles. The number of benzene rings is 1. The Hall–Kier alpha value is -1.86. The molecule has 1 unspecified atom stereocenters. The molecule has 18 heavy (non-hydrogen) atoms. The molecule has 96 valence electrons. The minimum Gasteiger partial charge on any atom is -0.271 e. The summed E-state index contributed by atoms with van der Waals surface area (Å²) in [6, 6.07) is 3.13. The molecular formula is C11H13F2N5. The maximum Gasteiger partial charge on any atom is 0.129 e. The Morgan fingerprint density at radius 1 is 1.44 bits per heavy atom. The van der Waals surface area contributed by atoms with Crippen molar-refractivity contribution in [3.63, 3.8) is 0 Å². The van der Waals surface area contributed by atoms with Crippen LogP contribution in [0.3, 0.4) is 0 Å². The number of aryl methyl sites for hydroxylation is 1. The monoisotopic (exact) mass is 253 g/mol. The van der Waals surface area contributed by atoms with Gasteiger partial charge in [-0.2, -0.15) is 0 Å². The van der Waals surface area contributed by atoms with Crippen LogP contribution in [0.25, 0.3) is 0 Å². The molecule has 0 fully saturated rings. The lowest BCUT2D eigenvalue weighted by Gasteiger charge is -2.15. The Morgan fingerprint density at radius 2 is 2.22 bits per heavy atom. The molecule has 0 aliphatic rings. The van der Waals surface area contributed by atoms with Crippen LogP contribution in [0, 0.1) is 11.6 Å². The van der Waals surface area contributed by atoms with Crippen molar-refractivity contribution < 1.29 is 8.78 Å². The highest BCUT2D eigenvalue weighted by atomic mass is 19.1. The van der Waals surface area contributed by atoms with E-state index in [0.29, 0.717) is 5.56 Å². The molecule has 0 spiro atoms. The van der Waals surface area contributed by atoms with Gasteiger partial charge in [0.15, 0.2) is 0 Å². The first kappa shape index (κ1) is 12.6. The highest BCUT2D eigenvalue weighted by Crippen LogP contribution is 2.19. The number of hydrazine groups is 1. The van der Waals surface area contributed by atoms with E-state index in [9.17, 15) is 8.78 Å². The highest BCUT2D eigenvalue weighted by Gasteiger charge is 2.17. The van der Waals surface area contributed by atoms with E-state index in [4.69, 9.17) is 5.84 Å². The molecule has 5 nitrogen and oxygen atoms in total. The lowest BCUT2D eigenvalue weighted by Crippen LogP contribution is -2.31. The molecule has 1 heterocycles. The van der Waals surface area contributed by atoms with Crippen molar-refractivity contribution in [3.05, 3.63) is 47.3 Å². The summed E-state index contributed by atoms with van der Waals surface area (Å²) in [5.41, 5.74) is 3.67. The Balaban J connectivity index is 2.23.